The first-order chi connectivity index (χ1) is 9.25. The fraction of sp³-hybridized carbons (Fsp3) is 0.200. The van der Waals surface area contributed by atoms with E-state index in [0.717, 1.165) is 0 Å². The van der Waals surface area contributed by atoms with Crippen molar-refractivity contribution < 1.29 is 31.9 Å². The minimum atomic E-state index is -2.27. The fourth-order valence-corrected chi connectivity index (χ4v) is 2.07. The normalized spacial score (nSPS) is 10.4. The molecule has 1 rings (SSSR count). The van der Waals surface area contributed by atoms with Crippen LogP contribution in [0.3, 0.4) is 0 Å². The van der Waals surface area contributed by atoms with Crippen molar-refractivity contribution in [2.45, 2.75) is 6.42 Å². The van der Waals surface area contributed by atoms with Crippen LogP contribution in [0.5, 0.6) is 0 Å². The van der Waals surface area contributed by atoms with Crippen molar-refractivity contribution in [3.8, 4) is 0 Å². The van der Waals surface area contributed by atoms with Crippen LogP contribution in [0.1, 0.15) is 6.42 Å². The van der Waals surface area contributed by atoms with Gasteiger partial charge in [-0.05, 0) is 0 Å². The molecule has 1 aromatic carbocycles. The quantitative estimate of drug-likeness (QED) is 0.384. The number of thioether (sulfide) groups is 1. The first-order valence-electron chi connectivity index (χ1n) is 4.92. The number of carboxylic acid groups (broad SMARTS) is 1. The zero-order valence-corrected chi connectivity index (χ0v) is 11.1. The molecule has 0 aromatic heterocycles. The van der Waals surface area contributed by atoms with Crippen LogP contribution < -0.4 is 5.32 Å². The van der Waals surface area contributed by atoms with Crippen LogP contribution in [0.25, 0.3) is 0 Å². The monoisotopic (exact) mass is 331 g/mol. The summed E-state index contributed by atoms with van der Waals surface area (Å²) in [4.78, 5) is 10.2. The van der Waals surface area contributed by atoms with Gasteiger partial charge in [0.15, 0.2) is 23.3 Å². The predicted molar refractivity (Wildman–Crippen MR) is 67.2 cm³/mol. The minimum absolute atomic E-state index is 0.0173. The molecule has 0 bridgehead atoms. The molecule has 10 heteroatoms. The molecule has 1 aromatic rings. The van der Waals surface area contributed by atoms with Crippen LogP contribution in [-0.2, 0) is 4.79 Å². The molecule has 3 nitrogen and oxygen atoms in total. The molecule has 0 spiro atoms. The highest BCUT2D eigenvalue weighted by Crippen LogP contribution is 2.28. The first-order valence-corrected chi connectivity index (χ1v) is 6.32. The van der Waals surface area contributed by atoms with Gasteiger partial charge in [-0.3, -0.25) is 4.79 Å². The molecule has 110 valence electrons. The van der Waals surface area contributed by atoms with E-state index in [9.17, 15) is 26.7 Å². The van der Waals surface area contributed by atoms with Gasteiger partial charge in [-0.1, -0.05) is 24.0 Å². The number of aliphatic carboxylic acids is 1. The summed E-state index contributed by atoms with van der Waals surface area (Å²) < 4.78 is 64.8. The summed E-state index contributed by atoms with van der Waals surface area (Å²) in [5.74, 6) is -11.7. The van der Waals surface area contributed by atoms with E-state index in [4.69, 9.17) is 5.11 Å². The van der Waals surface area contributed by atoms with Gasteiger partial charge >= 0.3 is 5.97 Å². The van der Waals surface area contributed by atoms with Crippen molar-refractivity contribution in [3.05, 3.63) is 29.1 Å². The molecule has 0 saturated heterocycles. The van der Waals surface area contributed by atoms with Crippen LogP contribution in [0, 0.1) is 29.1 Å². The lowest BCUT2D eigenvalue weighted by molar-refractivity contribution is -0.136. The maximum Gasteiger partial charge on any atom is 0.304 e. The Hall–Kier alpha value is -1.42. The van der Waals surface area contributed by atoms with Gasteiger partial charge in [0, 0.05) is 5.75 Å². The van der Waals surface area contributed by atoms with Crippen molar-refractivity contribution >= 4 is 40.0 Å². The highest BCUT2D eigenvalue weighted by Gasteiger charge is 2.26. The summed E-state index contributed by atoms with van der Waals surface area (Å²) in [5.41, 5.74) is -1.27. The molecule has 0 amide bonds. The zero-order chi connectivity index (χ0) is 15.4. The maximum atomic E-state index is 13.3. The highest BCUT2D eigenvalue weighted by atomic mass is 32.2. The molecular formula is C10H6F5NO2S2. The SMILES string of the molecule is O=C(O)CCSC(=S)Nc1c(F)c(F)c(F)c(F)c1F. The third-order valence-electron chi connectivity index (χ3n) is 1.99. The Morgan fingerprint density at radius 2 is 1.50 bits per heavy atom. The number of nitrogens with one attached hydrogen (secondary N) is 1. The van der Waals surface area contributed by atoms with E-state index < -0.39 is 40.7 Å². The second kappa shape index (κ2) is 6.84. The van der Waals surface area contributed by atoms with E-state index >= 15 is 0 Å². The summed E-state index contributed by atoms with van der Waals surface area (Å²) in [6.07, 6.45) is -0.274. The molecule has 20 heavy (non-hydrogen) atoms. The van der Waals surface area contributed by atoms with Gasteiger partial charge in [-0.2, -0.15) is 0 Å². The van der Waals surface area contributed by atoms with Gasteiger partial charge in [0.1, 0.15) is 10.0 Å². The van der Waals surface area contributed by atoms with Gasteiger partial charge in [0.05, 0.1) is 6.42 Å². The Morgan fingerprint density at radius 1 is 1.05 bits per heavy atom. The van der Waals surface area contributed by atoms with Crippen LogP contribution in [0.15, 0.2) is 0 Å². The molecule has 0 fully saturated rings. The third kappa shape index (κ3) is 3.79. The lowest BCUT2D eigenvalue weighted by Crippen LogP contribution is -2.13. The Bertz CT molecular complexity index is 538. The lowest BCUT2D eigenvalue weighted by Gasteiger charge is -2.10. The number of anilines is 1. The Morgan fingerprint density at radius 3 is 1.95 bits per heavy atom. The first kappa shape index (κ1) is 16.6. The average molecular weight is 331 g/mol. The fourth-order valence-electron chi connectivity index (χ4n) is 1.08. The van der Waals surface area contributed by atoms with Crippen molar-refractivity contribution in [3.63, 3.8) is 0 Å². The Balaban J connectivity index is 2.88. The Kier molecular flexibility index (Phi) is 5.69. The van der Waals surface area contributed by atoms with E-state index in [1.54, 1.807) is 0 Å². The molecule has 0 atom stereocenters. The smallest absolute Gasteiger partial charge is 0.304 e. The van der Waals surface area contributed by atoms with E-state index in [0.29, 0.717) is 11.8 Å². The van der Waals surface area contributed by atoms with Gasteiger partial charge in [0.2, 0.25) is 5.82 Å². The second-order valence-electron chi connectivity index (χ2n) is 3.35. The summed E-state index contributed by atoms with van der Waals surface area (Å²) in [7, 11) is 0. The number of carboxylic acids is 1. The minimum Gasteiger partial charge on any atom is -0.481 e. The topological polar surface area (TPSA) is 49.3 Å². The standard InChI is InChI=1S/C10H6F5NO2S2/c11-4-5(12)7(14)9(8(15)6(4)13)16-10(19)20-2-1-3(17)18/h1-2H2,(H,16,19)(H,17,18). The molecule has 0 saturated carbocycles. The van der Waals surface area contributed by atoms with Crippen molar-refractivity contribution in [2.75, 3.05) is 11.1 Å². The van der Waals surface area contributed by atoms with Gasteiger partial charge in [-0.25, -0.2) is 22.0 Å². The number of thiocarbonyl (C=S) groups is 1. The van der Waals surface area contributed by atoms with Gasteiger partial charge < -0.3 is 10.4 Å². The number of rotatable bonds is 4. The number of hydrogen-bond donors (Lipinski definition) is 2. The van der Waals surface area contributed by atoms with Gasteiger partial charge in [-0.15, -0.1) is 0 Å². The molecule has 2 N–H and O–H groups in total. The van der Waals surface area contributed by atoms with Crippen LogP contribution in [-0.4, -0.2) is 21.1 Å². The van der Waals surface area contributed by atoms with E-state index in [2.05, 4.69) is 12.2 Å². The molecule has 0 heterocycles. The molecule has 0 aliphatic carbocycles. The van der Waals surface area contributed by atoms with Crippen molar-refractivity contribution in [1.82, 2.24) is 0 Å². The van der Waals surface area contributed by atoms with E-state index in [1.807, 2.05) is 5.32 Å². The summed E-state index contributed by atoms with van der Waals surface area (Å²) in [5, 5.41) is 10.2. The van der Waals surface area contributed by atoms with Crippen molar-refractivity contribution in [1.29, 1.82) is 0 Å². The lowest BCUT2D eigenvalue weighted by atomic mass is 10.2. The van der Waals surface area contributed by atoms with Crippen LogP contribution >= 0.6 is 24.0 Å². The number of benzene rings is 1. The molecule has 0 aliphatic heterocycles. The van der Waals surface area contributed by atoms with E-state index in [1.165, 1.54) is 0 Å². The zero-order valence-electron chi connectivity index (χ0n) is 9.48. The van der Waals surface area contributed by atoms with Crippen LogP contribution in [0.4, 0.5) is 27.6 Å². The van der Waals surface area contributed by atoms with Crippen LogP contribution in [0.2, 0.25) is 0 Å². The number of hydrogen-bond acceptors (Lipinski definition) is 3. The van der Waals surface area contributed by atoms with Crippen molar-refractivity contribution in [2.24, 2.45) is 0 Å². The predicted octanol–water partition coefficient (Wildman–Crippen LogP) is 3.29. The maximum absolute atomic E-state index is 13.3. The molecular weight excluding hydrogens is 325 g/mol. The Labute approximate surface area is 119 Å². The second-order valence-corrected chi connectivity index (χ2v) is 5.12. The average Bonchev–Trinajstić information content (AvgIpc) is 2.39. The summed E-state index contributed by atoms with van der Waals surface area (Å²) in [6.45, 7) is 0. The molecule has 0 radical (unpaired) electrons. The third-order valence-corrected chi connectivity index (χ3v) is 3.21. The highest BCUT2D eigenvalue weighted by molar-refractivity contribution is 8.23. The molecule has 0 aliphatic rings. The number of carbonyl (C=O) groups is 1. The summed E-state index contributed by atoms with van der Waals surface area (Å²) >= 11 is 5.31. The largest absolute Gasteiger partial charge is 0.481 e. The molecule has 0 unspecified atom stereocenters. The van der Waals surface area contributed by atoms with Gasteiger partial charge in [0.25, 0.3) is 0 Å². The summed E-state index contributed by atoms with van der Waals surface area (Å²) in [6, 6.07) is 0. The van der Waals surface area contributed by atoms with E-state index in [-0.39, 0.29) is 16.5 Å². The number of halogens is 5.